The van der Waals surface area contributed by atoms with Crippen molar-refractivity contribution in [3.8, 4) is 0 Å². The molecule has 2 aromatic rings. The first-order chi connectivity index (χ1) is 15.7. The summed E-state index contributed by atoms with van der Waals surface area (Å²) in [5.74, 6) is 0.892. The highest BCUT2D eigenvalue weighted by molar-refractivity contribution is 6.09. The first-order valence-electron chi connectivity index (χ1n) is 11.9. The first kappa shape index (κ1) is 21.0. The van der Waals surface area contributed by atoms with Gasteiger partial charge in [0.1, 0.15) is 0 Å². The van der Waals surface area contributed by atoms with Gasteiger partial charge in [-0.25, -0.2) is 0 Å². The van der Waals surface area contributed by atoms with Gasteiger partial charge in [0.15, 0.2) is 0 Å². The third-order valence-electron chi connectivity index (χ3n) is 7.23. The lowest BCUT2D eigenvalue weighted by Crippen LogP contribution is -2.42. The predicted octanol–water partition coefficient (Wildman–Crippen LogP) is 5.64. The number of para-hydroxylation sites is 1. The van der Waals surface area contributed by atoms with E-state index in [0.29, 0.717) is 18.5 Å². The first-order valence-corrected chi connectivity index (χ1v) is 11.9. The van der Waals surface area contributed by atoms with Crippen LogP contribution in [0.15, 0.2) is 91.1 Å². The molecule has 0 N–H and O–H groups in total. The summed E-state index contributed by atoms with van der Waals surface area (Å²) in [5, 5.41) is 0. The molecule has 2 heterocycles. The maximum atomic E-state index is 14.1. The van der Waals surface area contributed by atoms with Crippen LogP contribution in [0.4, 0.5) is 5.69 Å². The third kappa shape index (κ3) is 3.75. The lowest BCUT2D eigenvalue weighted by molar-refractivity contribution is -0.122. The number of hydrogen-bond acceptors (Lipinski definition) is 2. The highest BCUT2D eigenvalue weighted by Gasteiger charge is 2.49. The second-order valence-electron chi connectivity index (χ2n) is 9.25. The molecule has 1 aliphatic carbocycles. The van der Waals surface area contributed by atoms with Crippen LogP contribution in [0.3, 0.4) is 0 Å². The van der Waals surface area contributed by atoms with E-state index in [-0.39, 0.29) is 5.91 Å². The monoisotopic (exact) mass is 424 g/mol. The van der Waals surface area contributed by atoms with E-state index in [1.807, 2.05) is 29.2 Å². The molecule has 1 amide bonds. The summed E-state index contributed by atoms with van der Waals surface area (Å²) >= 11 is 0. The molecule has 2 aliphatic heterocycles. The Kier molecular flexibility index (Phi) is 5.84. The van der Waals surface area contributed by atoms with E-state index in [9.17, 15) is 4.79 Å². The van der Waals surface area contributed by atoms with Crippen LogP contribution in [0.5, 0.6) is 0 Å². The van der Waals surface area contributed by atoms with Gasteiger partial charge in [0.2, 0.25) is 5.91 Å². The van der Waals surface area contributed by atoms with Crippen molar-refractivity contribution in [2.45, 2.75) is 44.2 Å². The molecule has 1 unspecified atom stereocenters. The van der Waals surface area contributed by atoms with E-state index in [0.717, 1.165) is 42.7 Å². The molecule has 0 radical (unpaired) electrons. The molecule has 164 valence electrons. The van der Waals surface area contributed by atoms with Gasteiger partial charge < -0.3 is 4.90 Å². The fourth-order valence-electron chi connectivity index (χ4n) is 5.57. The van der Waals surface area contributed by atoms with Gasteiger partial charge in [-0.3, -0.25) is 9.69 Å². The van der Waals surface area contributed by atoms with Gasteiger partial charge in [-0.2, -0.15) is 0 Å². The quantitative estimate of drug-likeness (QED) is 0.404. The summed E-state index contributed by atoms with van der Waals surface area (Å²) in [6, 6.07) is 19.2. The number of rotatable bonds is 8. The van der Waals surface area contributed by atoms with Crippen molar-refractivity contribution < 1.29 is 4.79 Å². The zero-order valence-corrected chi connectivity index (χ0v) is 18.9. The zero-order chi connectivity index (χ0) is 22.0. The number of likely N-dealkylation sites (tertiary alicyclic amines) is 1. The second kappa shape index (κ2) is 8.91. The standard InChI is InChI=1S/C29H32N2O/c1-2-3-4-10-17-29(18-19-30-21-24-15-16-25(30)20-24)26-13-8-9-14-27(26)31(28(29)32)22-23-11-6-5-7-12-23/h3-17,24-25H,2,18-22H2,1H3/b4-3+,17-10+/t24-,25+,29?/m1/s1. The van der Waals surface area contributed by atoms with Gasteiger partial charge >= 0.3 is 0 Å². The Morgan fingerprint density at radius 3 is 2.59 bits per heavy atom. The Morgan fingerprint density at radius 1 is 1.03 bits per heavy atom. The highest BCUT2D eigenvalue weighted by atomic mass is 16.2. The van der Waals surface area contributed by atoms with E-state index < -0.39 is 5.41 Å². The Hall–Kier alpha value is -2.91. The zero-order valence-electron chi connectivity index (χ0n) is 18.9. The molecule has 32 heavy (non-hydrogen) atoms. The molecule has 1 fully saturated rings. The van der Waals surface area contributed by atoms with Crippen LogP contribution in [0, 0.1) is 5.92 Å². The van der Waals surface area contributed by atoms with E-state index in [1.54, 1.807) is 0 Å². The summed E-state index contributed by atoms with van der Waals surface area (Å²) < 4.78 is 0. The topological polar surface area (TPSA) is 23.6 Å². The lowest BCUT2D eigenvalue weighted by atomic mass is 9.78. The molecule has 3 aliphatic rings. The van der Waals surface area contributed by atoms with Crippen LogP contribution in [0.2, 0.25) is 0 Å². The molecule has 0 spiro atoms. The molecular formula is C29H32N2O. The number of carbonyl (C=O) groups excluding carboxylic acids is 1. The summed E-state index contributed by atoms with van der Waals surface area (Å²) in [7, 11) is 0. The minimum Gasteiger partial charge on any atom is -0.307 e. The summed E-state index contributed by atoms with van der Waals surface area (Å²) in [4.78, 5) is 18.7. The fourth-order valence-corrected chi connectivity index (χ4v) is 5.57. The highest BCUT2D eigenvalue weighted by Crippen LogP contribution is 2.46. The molecule has 5 rings (SSSR count). The van der Waals surface area contributed by atoms with Crippen molar-refractivity contribution in [1.29, 1.82) is 0 Å². The Balaban J connectivity index is 1.49. The predicted molar refractivity (Wildman–Crippen MR) is 132 cm³/mol. The van der Waals surface area contributed by atoms with Gasteiger partial charge in [0, 0.05) is 24.8 Å². The van der Waals surface area contributed by atoms with Crippen LogP contribution in [0.1, 0.15) is 37.3 Å². The average molecular weight is 425 g/mol. The van der Waals surface area contributed by atoms with Crippen LogP contribution in [-0.2, 0) is 16.8 Å². The maximum absolute atomic E-state index is 14.1. The number of hydrogen-bond donors (Lipinski definition) is 0. The van der Waals surface area contributed by atoms with Crippen LogP contribution < -0.4 is 4.90 Å². The number of allylic oxidation sites excluding steroid dienone is 3. The lowest BCUT2D eigenvalue weighted by Gasteiger charge is -2.30. The normalized spacial score (nSPS) is 26.8. The van der Waals surface area contributed by atoms with Gasteiger partial charge in [0.05, 0.1) is 12.0 Å². The minimum absolute atomic E-state index is 0.198. The van der Waals surface area contributed by atoms with Crippen LogP contribution in [-0.4, -0.2) is 29.9 Å². The maximum Gasteiger partial charge on any atom is 0.241 e. The van der Waals surface area contributed by atoms with Crippen molar-refractivity contribution in [2.24, 2.45) is 5.92 Å². The number of amides is 1. The van der Waals surface area contributed by atoms with Crippen molar-refractivity contribution in [3.63, 3.8) is 0 Å². The summed E-state index contributed by atoms with van der Waals surface area (Å²) in [6.45, 7) is 4.80. The Morgan fingerprint density at radius 2 is 1.84 bits per heavy atom. The molecule has 2 aromatic carbocycles. The molecule has 0 aromatic heterocycles. The van der Waals surface area contributed by atoms with E-state index in [2.05, 4.69) is 78.6 Å². The van der Waals surface area contributed by atoms with E-state index in [4.69, 9.17) is 0 Å². The SMILES string of the molecule is CC/C=C/C=C/C1(CCN2C[C@@H]3C=C[C@H]2C3)C(=O)N(Cc2ccccc2)c2ccccc21. The van der Waals surface area contributed by atoms with Crippen molar-refractivity contribution in [3.05, 3.63) is 102 Å². The second-order valence-corrected chi connectivity index (χ2v) is 9.25. The van der Waals surface area contributed by atoms with Gasteiger partial charge in [0.25, 0.3) is 0 Å². The Labute approximate surface area is 191 Å². The average Bonchev–Trinajstić information content (AvgIpc) is 3.51. The van der Waals surface area contributed by atoms with Crippen LogP contribution >= 0.6 is 0 Å². The van der Waals surface area contributed by atoms with Gasteiger partial charge in [-0.1, -0.05) is 91.9 Å². The number of benzene rings is 2. The van der Waals surface area contributed by atoms with Crippen molar-refractivity contribution in [1.82, 2.24) is 4.90 Å². The fraction of sp³-hybridized carbons (Fsp3) is 0.345. The van der Waals surface area contributed by atoms with Crippen molar-refractivity contribution in [2.75, 3.05) is 18.0 Å². The van der Waals surface area contributed by atoms with E-state index in [1.165, 1.54) is 6.42 Å². The molecule has 3 nitrogen and oxygen atoms in total. The van der Waals surface area contributed by atoms with Gasteiger partial charge in [-0.15, -0.1) is 0 Å². The summed E-state index contributed by atoms with van der Waals surface area (Å²) in [5.41, 5.74) is 2.73. The Bertz CT molecular complexity index is 1050. The number of fused-ring (bicyclic) bond motifs is 3. The minimum atomic E-state index is -0.616. The molecule has 2 bridgehead atoms. The number of carbonyl (C=O) groups is 1. The van der Waals surface area contributed by atoms with Crippen LogP contribution in [0.25, 0.3) is 0 Å². The third-order valence-corrected chi connectivity index (χ3v) is 7.23. The smallest absolute Gasteiger partial charge is 0.241 e. The number of anilines is 1. The summed E-state index contributed by atoms with van der Waals surface area (Å²) in [6.07, 6.45) is 16.2. The molecule has 3 heteroatoms. The van der Waals surface area contributed by atoms with E-state index >= 15 is 0 Å². The number of nitrogens with zero attached hydrogens (tertiary/aromatic N) is 2. The molecular weight excluding hydrogens is 392 g/mol. The molecule has 3 atom stereocenters. The van der Waals surface area contributed by atoms with Gasteiger partial charge in [-0.05, 0) is 42.4 Å². The van der Waals surface area contributed by atoms with Crippen molar-refractivity contribution >= 4 is 11.6 Å². The molecule has 0 saturated carbocycles. The molecule has 1 saturated heterocycles. The largest absolute Gasteiger partial charge is 0.307 e.